The molecule has 1 aromatic carbocycles. The summed E-state index contributed by atoms with van der Waals surface area (Å²) >= 11 is 0. The van der Waals surface area contributed by atoms with Crippen molar-refractivity contribution in [1.29, 1.82) is 0 Å². The molecule has 102 valence electrons. The maximum Gasteiger partial charge on any atom is 0.238 e. The van der Waals surface area contributed by atoms with Crippen LogP contribution in [0.3, 0.4) is 0 Å². The fourth-order valence-corrected chi connectivity index (χ4v) is 3.45. The predicted octanol–water partition coefficient (Wildman–Crippen LogP) is 2.00. The summed E-state index contributed by atoms with van der Waals surface area (Å²) in [5.74, 6) is 0.870. The summed E-state index contributed by atoms with van der Waals surface area (Å²) in [7, 11) is 0. The largest absolute Gasteiger partial charge is 0.397 e. The Hall–Kier alpha value is -1.55. The van der Waals surface area contributed by atoms with Gasteiger partial charge in [0.1, 0.15) is 0 Å². The van der Waals surface area contributed by atoms with Crippen molar-refractivity contribution < 1.29 is 4.79 Å². The van der Waals surface area contributed by atoms with Gasteiger partial charge in [-0.1, -0.05) is 12.1 Å². The Labute approximate surface area is 114 Å². The summed E-state index contributed by atoms with van der Waals surface area (Å²) in [6.07, 6.45) is 3.87. The number of benzene rings is 1. The lowest BCUT2D eigenvalue weighted by atomic mass is 10.1. The van der Waals surface area contributed by atoms with Crippen LogP contribution in [0.5, 0.6) is 0 Å². The molecule has 1 aromatic rings. The second kappa shape index (κ2) is 4.85. The first-order valence-corrected chi connectivity index (χ1v) is 7.02. The standard InChI is InChI=1S/C15H21N3O/c1-10-3-2-4-13(16)15(10)17-14(19)9-18-8-11-5-6-12(18)7-11/h2-4,11-12H,5-9,16H2,1H3,(H,17,19). The third-order valence-corrected chi connectivity index (χ3v) is 4.44. The van der Waals surface area contributed by atoms with Crippen LogP contribution in [0.1, 0.15) is 24.8 Å². The number of likely N-dealkylation sites (tertiary alicyclic amines) is 1. The van der Waals surface area contributed by atoms with Crippen molar-refractivity contribution in [1.82, 2.24) is 4.90 Å². The van der Waals surface area contributed by atoms with Gasteiger partial charge in [0.15, 0.2) is 0 Å². The van der Waals surface area contributed by atoms with E-state index in [1.807, 2.05) is 25.1 Å². The maximum atomic E-state index is 12.1. The fraction of sp³-hybridized carbons (Fsp3) is 0.533. The monoisotopic (exact) mass is 259 g/mol. The smallest absolute Gasteiger partial charge is 0.238 e. The predicted molar refractivity (Wildman–Crippen MR) is 76.9 cm³/mol. The van der Waals surface area contributed by atoms with Crippen molar-refractivity contribution in [2.24, 2.45) is 5.92 Å². The third kappa shape index (κ3) is 2.45. The number of hydrogen-bond acceptors (Lipinski definition) is 3. The number of nitrogens with zero attached hydrogens (tertiary/aromatic N) is 1. The minimum Gasteiger partial charge on any atom is -0.397 e. The van der Waals surface area contributed by atoms with Gasteiger partial charge in [-0.2, -0.15) is 0 Å². The summed E-state index contributed by atoms with van der Waals surface area (Å²) in [6.45, 7) is 3.54. The Morgan fingerprint density at radius 3 is 2.95 bits per heavy atom. The Bertz CT molecular complexity index is 480. The number of piperidine rings is 1. The van der Waals surface area contributed by atoms with Crippen molar-refractivity contribution in [3.05, 3.63) is 23.8 Å². The lowest BCUT2D eigenvalue weighted by Gasteiger charge is -2.26. The molecule has 0 spiro atoms. The highest BCUT2D eigenvalue weighted by molar-refractivity contribution is 5.96. The summed E-state index contributed by atoms with van der Waals surface area (Å²) < 4.78 is 0. The van der Waals surface area contributed by atoms with Crippen LogP contribution in [0.2, 0.25) is 0 Å². The fourth-order valence-electron chi connectivity index (χ4n) is 3.45. The van der Waals surface area contributed by atoms with E-state index in [0.29, 0.717) is 18.3 Å². The number of fused-ring (bicyclic) bond motifs is 2. The molecule has 2 aliphatic rings. The zero-order valence-electron chi connectivity index (χ0n) is 11.4. The Morgan fingerprint density at radius 1 is 1.47 bits per heavy atom. The molecule has 3 rings (SSSR count). The molecule has 2 atom stereocenters. The van der Waals surface area contributed by atoms with Crippen molar-refractivity contribution in [3.63, 3.8) is 0 Å². The molecular formula is C15H21N3O. The minimum atomic E-state index is 0.0496. The summed E-state index contributed by atoms with van der Waals surface area (Å²) in [5.41, 5.74) is 8.32. The van der Waals surface area contributed by atoms with Crippen LogP contribution < -0.4 is 11.1 Å². The molecule has 2 fully saturated rings. The van der Waals surface area contributed by atoms with Crippen LogP contribution in [-0.2, 0) is 4.79 Å². The number of amides is 1. The molecule has 1 aliphatic carbocycles. The maximum absolute atomic E-state index is 12.1. The zero-order chi connectivity index (χ0) is 13.4. The summed E-state index contributed by atoms with van der Waals surface area (Å²) in [5, 5.41) is 2.96. The van der Waals surface area contributed by atoms with Crippen LogP contribution in [0, 0.1) is 12.8 Å². The third-order valence-electron chi connectivity index (χ3n) is 4.44. The Morgan fingerprint density at radius 2 is 2.32 bits per heavy atom. The number of nitrogens with two attached hydrogens (primary N) is 1. The van der Waals surface area contributed by atoms with E-state index in [9.17, 15) is 4.79 Å². The van der Waals surface area contributed by atoms with E-state index >= 15 is 0 Å². The Kier molecular flexibility index (Phi) is 3.19. The van der Waals surface area contributed by atoms with Crippen LogP contribution in [0.4, 0.5) is 11.4 Å². The lowest BCUT2D eigenvalue weighted by molar-refractivity contribution is -0.117. The van der Waals surface area contributed by atoms with Gasteiger partial charge in [-0.3, -0.25) is 9.69 Å². The molecule has 0 aromatic heterocycles. The van der Waals surface area contributed by atoms with Gasteiger partial charge in [-0.05, 0) is 43.7 Å². The van der Waals surface area contributed by atoms with E-state index in [1.54, 1.807) is 0 Å². The molecule has 1 aliphatic heterocycles. The molecule has 0 radical (unpaired) electrons. The van der Waals surface area contributed by atoms with Crippen molar-refractivity contribution in [3.8, 4) is 0 Å². The highest BCUT2D eigenvalue weighted by atomic mass is 16.2. The number of nitrogen functional groups attached to an aromatic ring is 1. The van der Waals surface area contributed by atoms with E-state index in [1.165, 1.54) is 19.3 Å². The van der Waals surface area contributed by atoms with Gasteiger partial charge in [0.05, 0.1) is 17.9 Å². The molecule has 4 nitrogen and oxygen atoms in total. The lowest BCUT2D eigenvalue weighted by Crippen LogP contribution is -2.38. The Balaban J connectivity index is 1.62. The SMILES string of the molecule is Cc1cccc(N)c1NC(=O)CN1CC2CCC1C2. The number of aryl methyl sites for hydroxylation is 1. The molecule has 1 saturated carbocycles. The molecule has 1 saturated heterocycles. The average molecular weight is 259 g/mol. The average Bonchev–Trinajstić information content (AvgIpc) is 2.96. The van der Waals surface area contributed by atoms with Gasteiger partial charge < -0.3 is 11.1 Å². The van der Waals surface area contributed by atoms with Crippen LogP contribution in [-0.4, -0.2) is 29.9 Å². The number of nitrogens with one attached hydrogen (secondary N) is 1. The molecule has 1 heterocycles. The molecule has 4 heteroatoms. The zero-order valence-corrected chi connectivity index (χ0v) is 11.4. The molecule has 2 unspecified atom stereocenters. The quantitative estimate of drug-likeness (QED) is 0.816. The number of rotatable bonds is 3. The van der Waals surface area contributed by atoms with Gasteiger partial charge in [0, 0.05) is 12.6 Å². The molecule has 1 amide bonds. The normalized spacial score (nSPS) is 25.7. The van der Waals surface area contributed by atoms with Crippen LogP contribution in [0.25, 0.3) is 0 Å². The summed E-state index contributed by atoms with van der Waals surface area (Å²) in [6, 6.07) is 6.31. The van der Waals surface area contributed by atoms with Crippen molar-refractivity contribution in [2.45, 2.75) is 32.2 Å². The van der Waals surface area contributed by atoms with E-state index in [2.05, 4.69) is 10.2 Å². The van der Waals surface area contributed by atoms with E-state index < -0.39 is 0 Å². The first kappa shape index (κ1) is 12.5. The first-order valence-electron chi connectivity index (χ1n) is 7.02. The van der Waals surface area contributed by atoms with Crippen molar-refractivity contribution >= 4 is 17.3 Å². The molecular weight excluding hydrogens is 238 g/mol. The van der Waals surface area contributed by atoms with Crippen LogP contribution >= 0.6 is 0 Å². The van der Waals surface area contributed by atoms with Crippen molar-refractivity contribution in [2.75, 3.05) is 24.1 Å². The van der Waals surface area contributed by atoms with Gasteiger partial charge in [0.25, 0.3) is 0 Å². The van der Waals surface area contributed by atoms with E-state index in [-0.39, 0.29) is 5.91 Å². The molecule has 19 heavy (non-hydrogen) atoms. The highest BCUT2D eigenvalue weighted by Gasteiger charge is 2.38. The number of anilines is 2. The van der Waals surface area contributed by atoms with Gasteiger partial charge >= 0.3 is 0 Å². The molecule has 2 bridgehead atoms. The van der Waals surface area contributed by atoms with Crippen LogP contribution in [0.15, 0.2) is 18.2 Å². The van der Waals surface area contributed by atoms with Gasteiger partial charge in [-0.15, -0.1) is 0 Å². The number of carbonyl (C=O) groups is 1. The number of hydrogen-bond donors (Lipinski definition) is 2. The van der Waals surface area contributed by atoms with Gasteiger partial charge in [-0.25, -0.2) is 0 Å². The van der Waals surface area contributed by atoms with E-state index in [0.717, 1.165) is 23.7 Å². The number of carbonyl (C=O) groups excluding carboxylic acids is 1. The minimum absolute atomic E-state index is 0.0496. The highest BCUT2D eigenvalue weighted by Crippen LogP contribution is 2.37. The van der Waals surface area contributed by atoms with E-state index in [4.69, 9.17) is 5.73 Å². The topological polar surface area (TPSA) is 58.4 Å². The second-order valence-electron chi connectivity index (χ2n) is 5.85. The summed E-state index contributed by atoms with van der Waals surface area (Å²) in [4.78, 5) is 14.5. The first-order chi connectivity index (χ1) is 9.13. The second-order valence-corrected chi connectivity index (χ2v) is 5.85. The molecule has 3 N–H and O–H groups in total. The number of para-hydroxylation sites is 1. The van der Waals surface area contributed by atoms with Gasteiger partial charge in [0.2, 0.25) is 5.91 Å².